The Morgan fingerprint density at radius 1 is 1.15 bits per heavy atom. The summed E-state index contributed by atoms with van der Waals surface area (Å²) in [7, 11) is 0. The first kappa shape index (κ1) is 23.4. The third-order valence-electron chi connectivity index (χ3n) is 11.0. The van der Waals surface area contributed by atoms with Gasteiger partial charge in [0.05, 0.1) is 29.5 Å². The topological polar surface area (TPSA) is 82.1 Å². The molecule has 1 heterocycles. The van der Waals surface area contributed by atoms with Crippen LogP contribution in [0, 0.1) is 52.3 Å². The third kappa shape index (κ3) is 3.96. The van der Waals surface area contributed by atoms with Crippen LogP contribution in [-0.2, 0) is 6.54 Å². The molecule has 0 aromatic carbocycles. The number of rotatable bonds is 4. The molecular formula is C28H43N3O2. The zero-order valence-electron chi connectivity index (χ0n) is 20.8. The molecule has 5 nitrogen and oxygen atoms in total. The number of aliphatic hydroxyl groups is 2. The Morgan fingerprint density at radius 3 is 2.67 bits per heavy atom. The summed E-state index contributed by atoms with van der Waals surface area (Å²) in [5.41, 5.74) is -0.527. The summed E-state index contributed by atoms with van der Waals surface area (Å²) in [4.78, 5) is 0. The van der Waals surface area contributed by atoms with Crippen LogP contribution >= 0.6 is 0 Å². The van der Waals surface area contributed by atoms with Crippen molar-refractivity contribution in [2.45, 2.75) is 109 Å². The number of nitrogens with zero attached hydrogens (tertiary/aromatic N) is 3. The second-order valence-electron chi connectivity index (χ2n) is 12.7. The molecule has 33 heavy (non-hydrogen) atoms. The number of nitriles is 1. The maximum atomic E-state index is 11.8. The molecule has 9 atom stereocenters. The summed E-state index contributed by atoms with van der Waals surface area (Å²) in [6.45, 7) is 7.10. The Bertz CT molecular complexity index is 903. The molecule has 0 radical (unpaired) electrons. The Labute approximate surface area is 199 Å². The Hall–Kier alpha value is -1.38. The van der Waals surface area contributed by atoms with Crippen molar-refractivity contribution in [2.75, 3.05) is 0 Å². The maximum absolute atomic E-state index is 11.8. The zero-order chi connectivity index (χ0) is 23.4. The van der Waals surface area contributed by atoms with Gasteiger partial charge in [0, 0.05) is 6.20 Å². The smallest absolute Gasteiger partial charge is 0.102 e. The van der Waals surface area contributed by atoms with E-state index in [1.807, 2.05) is 6.92 Å². The highest BCUT2D eigenvalue weighted by Gasteiger charge is 2.59. The van der Waals surface area contributed by atoms with Gasteiger partial charge in [-0.25, -0.2) is 0 Å². The van der Waals surface area contributed by atoms with Gasteiger partial charge in [-0.05, 0) is 112 Å². The summed E-state index contributed by atoms with van der Waals surface area (Å²) in [6.07, 6.45) is 16.2. The number of aromatic nitrogens is 2. The second kappa shape index (κ2) is 8.38. The SMILES string of the molecule is CC[C@@]1(O)CC[C@H]2[C@@H](CC[C@@H]3[C@@H]2CC[C@@]2(C)[C@H]3CCC[C@@H]2[C@@](C)(O)Cn2cc(C#N)cn2)C1. The highest BCUT2D eigenvalue weighted by Crippen LogP contribution is 2.64. The minimum absolute atomic E-state index is 0.166. The molecule has 2 N–H and O–H groups in total. The van der Waals surface area contributed by atoms with Crippen LogP contribution in [-0.4, -0.2) is 31.2 Å². The first-order valence-corrected chi connectivity index (χ1v) is 13.6. The van der Waals surface area contributed by atoms with Crippen molar-refractivity contribution in [2.24, 2.45) is 40.9 Å². The molecule has 0 unspecified atom stereocenters. The molecule has 1 aromatic rings. The molecule has 1 aromatic heterocycles. The molecule has 5 heteroatoms. The van der Waals surface area contributed by atoms with E-state index >= 15 is 0 Å². The lowest BCUT2D eigenvalue weighted by molar-refractivity contribution is -0.171. The Kier molecular flexibility index (Phi) is 5.93. The number of fused-ring (bicyclic) bond motifs is 5. The summed E-state index contributed by atoms with van der Waals surface area (Å²) < 4.78 is 1.76. The van der Waals surface area contributed by atoms with E-state index < -0.39 is 11.2 Å². The van der Waals surface area contributed by atoms with Crippen molar-refractivity contribution in [3.05, 3.63) is 18.0 Å². The molecule has 0 saturated heterocycles. The molecular weight excluding hydrogens is 410 g/mol. The van der Waals surface area contributed by atoms with Gasteiger partial charge in [0.15, 0.2) is 0 Å². The van der Waals surface area contributed by atoms with Gasteiger partial charge in [-0.3, -0.25) is 4.68 Å². The normalized spacial score (nSPS) is 44.6. The predicted octanol–water partition coefficient (Wildman–Crippen LogP) is 5.31. The maximum Gasteiger partial charge on any atom is 0.102 e. The highest BCUT2D eigenvalue weighted by atomic mass is 16.3. The Morgan fingerprint density at radius 2 is 1.94 bits per heavy atom. The monoisotopic (exact) mass is 453 g/mol. The van der Waals surface area contributed by atoms with Crippen molar-refractivity contribution in [3.63, 3.8) is 0 Å². The predicted molar refractivity (Wildman–Crippen MR) is 128 cm³/mol. The molecule has 0 spiro atoms. The van der Waals surface area contributed by atoms with Crippen molar-refractivity contribution < 1.29 is 10.2 Å². The van der Waals surface area contributed by atoms with Crippen molar-refractivity contribution in [3.8, 4) is 6.07 Å². The molecule has 0 amide bonds. The van der Waals surface area contributed by atoms with E-state index in [4.69, 9.17) is 5.26 Å². The number of hydrogen-bond acceptors (Lipinski definition) is 4. The van der Waals surface area contributed by atoms with Crippen LogP contribution in [0.5, 0.6) is 0 Å². The standard InChI is InChI=1S/C28H43N3O2/c1-4-28(33)13-11-21-20(14-28)8-9-23-22(21)10-12-26(2)24(23)6-5-7-25(26)27(3,32)18-31-17-19(15-29)16-30-31/h16-17,20-25,32-33H,4-14,18H2,1-3H3/t20-,21-,22+,23+,24-,25-,26-,27-,28+/m0/s1. The average Bonchev–Trinajstić information content (AvgIpc) is 3.24. The van der Waals surface area contributed by atoms with Gasteiger partial charge in [0.1, 0.15) is 6.07 Å². The van der Waals surface area contributed by atoms with Gasteiger partial charge in [-0.2, -0.15) is 10.4 Å². The van der Waals surface area contributed by atoms with Crippen LogP contribution < -0.4 is 0 Å². The summed E-state index contributed by atoms with van der Waals surface area (Å²) in [5, 5.41) is 36.2. The van der Waals surface area contributed by atoms with Crippen LogP contribution in [0.15, 0.2) is 12.4 Å². The number of hydrogen-bond donors (Lipinski definition) is 2. The van der Waals surface area contributed by atoms with Crippen LogP contribution in [0.4, 0.5) is 0 Å². The van der Waals surface area contributed by atoms with Crippen LogP contribution in [0.2, 0.25) is 0 Å². The largest absolute Gasteiger partial charge is 0.390 e. The van der Waals surface area contributed by atoms with Gasteiger partial charge in [-0.15, -0.1) is 0 Å². The van der Waals surface area contributed by atoms with Gasteiger partial charge in [0.25, 0.3) is 0 Å². The summed E-state index contributed by atoms with van der Waals surface area (Å²) in [5.74, 6) is 4.07. The first-order chi connectivity index (χ1) is 15.7. The lowest BCUT2D eigenvalue weighted by Gasteiger charge is -2.62. The van der Waals surface area contributed by atoms with Crippen molar-refractivity contribution in [1.29, 1.82) is 5.26 Å². The molecule has 4 aliphatic carbocycles. The Balaban J connectivity index is 1.35. The molecule has 5 rings (SSSR count). The van der Waals surface area contributed by atoms with Gasteiger partial charge in [0.2, 0.25) is 0 Å². The lowest BCUT2D eigenvalue weighted by atomic mass is 9.43. The molecule has 4 fully saturated rings. The molecule has 4 aliphatic rings. The molecule has 0 aliphatic heterocycles. The van der Waals surface area contributed by atoms with E-state index in [9.17, 15) is 10.2 Å². The quantitative estimate of drug-likeness (QED) is 0.648. The summed E-state index contributed by atoms with van der Waals surface area (Å²) >= 11 is 0. The minimum atomic E-state index is -0.835. The lowest BCUT2D eigenvalue weighted by Crippen LogP contribution is -2.58. The fraction of sp³-hybridized carbons (Fsp3) is 0.857. The van der Waals surface area contributed by atoms with Crippen LogP contribution in [0.25, 0.3) is 0 Å². The minimum Gasteiger partial charge on any atom is -0.390 e. The molecule has 182 valence electrons. The summed E-state index contributed by atoms with van der Waals surface area (Å²) in [6, 6.07) is 2.15. The fourth-order valence-corrected chi connectivity index (χ4v) is 9.45. The van der Waals surface area contributed by atoms with E-state index in [1.165, 1.54) is 44.9 Å². The first-order valence-electron chi connectivity index (χ1n) is 13.6. The van der Waals surface area contributed by atoms with Gasteiger partial charge < -0.3 is 10.2 Å². The average molecular weight is 454 g/mol. The van der Waals surface area contributed by atoms with Crippen LogP contribution in [0.3, 0.4) is 0 Å². The van der Waals surface area contributed by atoms with Crippen molar-refractivity contribution in [1.82, 2.24) is 9.78 Å². The highest BCUT2D eigenvalue weighted by molar-refractivity contribution is 5.21. The zero-order valence-corrected chi connectivity index (χ0v) is 20.8. The van der Waals surface area contributed by atoms with E-state index in [-0.39, 0.29) is 11.3 Å². The molecule has 4 saturated carbocycles. The second-order valence-corrected chi connectivity index (χ2v) is 12.7. The van der Waals surface area contributed by atoms with Crippen LogP contribution in [0.1, 0.15) is 97.0 Å². The van der Waals surface area contributed by atoms with E-state index in [0.717, 1.165) is 43.4 Å². The van der Waals surface area contributed by atoms with E-state index in [2.05, 4.69) is 25.0 Å². The van der Waals surface area contributed by atoms with E-state index in [1.54, 1.807) is 17.1 Å². The third-order valence-corrected chi connectivity index (χ3v) is 11.0. The van der Waals surface area contributed by atoms with Gasteiger partial charge in [-0.1, -0.05) is 20.3 Å². The molecule has 0 bridgehead atoms. The van der Waals surface area contributed by atoms with Crippen molar-refractivity contribution >= 4 is 0 Å². The van der Waals surface area contributed by atoms with E-state index in [0.29, 0.717) is 23.9 Å². The fourth-order valence-electron chi connectivity index (χ4n) is 9.45. The van der Waals surface area contributed by atoms with Gasteiger partial charge >= 0.3 is 0 Å².